The Morgan fingerprint density at radius 3 is 2.64 bits per heavy atom. The maximum Gasteiger partial charge on any atom is 0.435 e. The number of nitrogens with one attached hydrogen (secondary N) is 2. The minimum atomic E-state index is -4.81. The summed E-state index contributed by atoms with van der Waals surface area (Å²) in [5.41, 5.74) is -1.25. The molecule has 0 unspecified atom stereocenters. The van der Waals surface area contributed by atoms with Gasteiger partial charge in [-0.1, -0.05) is 42.5 Å². The molecule has 0 radical (unpaired) electrons. The molecule has 0 bridgehead atoms. The quantitative estimate of drug-likeness (QED) is 0.486. The van der Waals surface area contributed by atoms with Crippen LogP contribution >= 0.6 is 0 Å². The molecule has 168 valence electrons. The van der Waals surface area contributed by atoms with Crippen LogP contribution in [0.2, 0.25) is 0 Å². The minimum Gasteiger partial charge on any atom is -0.491 e. The van der Waals surface area contributed by atoms with Gasteiger partial charge in [-0.2, -0.15) is 22.8 Å². The minimum absolute atomic E-state index is 0.115. The van der Waals surface area contributed by atoms with Crippen molar-refractivity contribution in [2.75, 3.05) is 11.9 Å². The molecule has 2 aromatic carbocycles. The Labute approximate surface area is 184 Å². The zero-order valence-electron chi connectivity index (χ0n) is 17.3. The number of aromatic nitrogens is 3. The number of H-pyrrole nitrogens is 1. The molecule has 5 rings (SSSR count). The largest absolute Gasteiger partial charge is 0.491 e. The fourth-order valence-electron chi connectivity index (χ4n) is 4.03. The van der Waals surface area contributed by atoms with Crippen LogP contribution in [0.5, 0.6) is 5.75 Å². The summed E-state index contributed by atoms with van der Waals surface area (Å²) in [5.74, 6) is -0.254. The Balaban J connectivity index is 1.66. The van der Waals surface area contributed by atoms with Crippen LogP contribution in [0.3, 0.4) is 0 Å². The van der Waals surface area contributed by atoms with Gasteiger partial charge in [0.25, 0.3) is 11.5 Å². The van der Waals surface area contributed by atoms with Crippen LogP contribution in [0.1, 0.15) is 27.3 Å². The summed E-state index contributed by atoms with van der Waals surface area (Å²) in [4.78, 5) is 29.0. The Morgan fingerprint density at radius 2 is 1.91 bits per heavy atom. The second-order valence-corrected chi connectivity index (χ2v) is 7.62. The number of aryl methyl sites for hydroxylation is 1. The third-order valence-corrected chi connectivity index (χ3v) is 5.49. The molecular formula is C23H17F3N4O3. The van der Waals surface area contributed by atoms with Gasteiger partial charge in [-0.15, -0.1) is 0 Å². The first kappa shape index (κ1) is 20.8. The molecule has 3 heterocycles. The molecule has 0 aliphatic carbocycles. The predicted molar refractivity (Wildman–Crippen MR) is 115 cm³/mol. The molecule has 4 aromatic rings. The zero-order chi connectivity index (χ0) is 23.3. The van der Waals surface area contributed by atoms with E-state index >= 15 is 0 Å². The normalized spacial score (nSPS) is 13.1. The van der Waals surface area contributed by atoms with E-state index in [2.05, 4.69) is 15.4 Å². The second-order valence-electron chi connectivity index (χ2n) is 7.62. The highest BCUT2D eigenvalue weighted by Crippen LogP contribution is 2.38. The number of carbonyl (C=O) groups is 1. The van der Waals surface area contributed by atoms with E-state index in [0.717, 1.165) is 5.56 Å². The number of alkyl halides is 3. The zero-order valence-corrected chi connectivity index (χ0v) is 17.3. The Hall–Kier alpha value is -4.08. The van der Waals surface area contributed by atoms with Gasteiger partial charge in [-0.3, -0.25) is 9.59 Å². The van der Waals surface area contributed by atoms with Gasteiger partial charge in [-0.25, -0.2) is 0 Å². The van der Waals surface area contributed by atoms with E-state index in [-0.39, 0.29) is 28.0 Å². The first-order valence-corrected chi connectivity index (χ1v) is 10.1. The van der Waals surface area contributed by atoms with Crippen molar-refractivity contribution in [1.82, 2.24) is 14.6 Å². The first-order valence-electron chi connectivity index (χ1n) is 10.1. The lowest BCUT2D eigenvalue weighted by Gasteiger charge is -2.11. The summed E-state index contributed by atoms with van der Waals surface area (Å²) < 4.78 is 47.5. The smallest absolute Gasteiger partial charge is 0.435 e. The van der Waals surface area contributed by atoms with Crippen molar-refractivity contribution in [2.24, 2.45) is 0 Å². The second kappa shape index (κ2) is 7.51. The van der Waals surface area contributed by atoms with E-state index in [1.807, 2.05) is 6.07 Å². The third kappa shape index (κ3) is 3.43. The third-order valence-electron chi connectivity index (χ3n) is 5.49. The van der Waals surface area contributed by atoms with Crippen molar-refractivity contribution in [3.63, 3.8) is 0 Å². The number of rotatable bonds is 3. The molecule has 2 N–H and O–H groups in total. The van der Waals surface area contributed by atoms with Gasteiger partial charge in [0.1, 0.15) is 17.0 Å². The van der Waals surface area contributed by atoms with Crippen molar-refractivity contribution >= 4 is 17.2 Å². The van der Waals surface area contributed by atoms with Gasteiger partial charge in [0.05, 0.1) is 17.9 Å². The molecule has 1 aliphatic rings. The summed E-state index contributed by atoms with van der Waals surface area (Å²) in [6, 6.07) is 13.1. The number of carbonyl (C=O) groups excluding carboxylic acids is 1. The topological polar surface area (TPSA) is 88.5 Å². The summed E-state index contributed by atoms with van der Waals surface area (Å²) in [5, 5.41) is 6.19. The number of anilines is 1. The maximum absolute atomic E-state index is 13.8. The highest BCUT2D eigenvalue weighted by molar-refractivity contribution is 6.06. The van der Waals surface area contributed by atoms with Crippen molar-refractivity contribution in [1.29, 1.82) is 0 Å². The summed E-state index contributed by atoms with van der Waals surface area (Å²) in [6.45, 7) is 1.93. The Morgan fingerprint density at radius 1 is 1.15 bits per heavy atom. The van der Waals surface area contributed by atoms with Crippen LogP contribution in [0.25, 0.3) is 16.8 Å². The Kier molecular flexibility index (Phi) is 4.73. The average Bonchev–Trinajstić information content (AvgIpc) is 3.40. The van der Waals surface area contributed by atoms with Gasteiger partial charge in [0, 0.05) is 12.1 Å². The molecule has 0 fully saturated rings. The number of halogens is 3. The fourth-order valence-corrected chi connectivity index (χ4v) is 4.03. The molecular weight excluding hydrogens is 437 g/mol. The van der Waals surface area contributed by atoms with Crippen molar-refractivity contribution in [3.05, 3.63) is 81.4 Å². The van der Waals surface area contributed by atoms with E-state index in [1.165, 1.54) is 19.1 Å². The van der Waals surface area contributed by atoms with E-state index in [4.69, 9.17) is 4.74 Å². The van der Waals surface area contributed by atoms with Gasteiger partial charge in [0.2, 0.25) is 0 Å². The SMILES string of the molecule is Cc1[nH]c2c(-c3ccccc3)c(C(F)(F)F)nn2c(=O)c1C(=O)Nc1cccc2c1OCC2. The van der Waals surface area contributed by atoms with E-state index in [9.17, 15) is 22.8 Å². The molecule has 0 saturated carbocycles. The number of nitrogens with zero attached hydrogens (tertiary/aromatic N) is 2. The number of amides is 1. The molecule has 0 saturated heterocycles. The summed E-state index contributed by atoms with van der Waals surface area (Å²) in [6.07, 6.45) is -4.11. The summed E-state index contributed by atoms with van der Waals surface area (Å²) in [7, 11) is 0. The lowest BCUT2D eigenvalue weighted by atomic mass is 10.1. The monoisotopic (exact) mass is 454 g/mol. The molecule has 10 heteroatoms. The molecule has 7 nitrogen and oxygen atoms in total. The molecule has 33 heavy (non-hydrogen) atoms. The van der Waals surface area contributed by atoms with Crippen LogP contribution < -0.4 is 15.6 Å². The molecule has 0 spiro atoms. The van der Waals surface area contributed by atoms with Gasteiger partial charge in [0.15, 0.2) is 5.69 Å². The fraction of sp³-hybridized carbons (Fsp3) is 0.174. The van der Waals surface area contributed by atoms with E-state index in [1.54, 1.807) is 30.3 Å². The number of ether oxygens (including phenoxy) is 1. The highest BCUT2D eigenvalue weighted by Gasteiger charge is 2.39. The molecule has 1 aliphatic heterocycles. The predicted octanol–water partition coefficient (Wildman–Crippen LogP) is 4.20. The van der Waals surface area contributed by atoms with Crippen molar-refractivity contribution in [3.8, 4) is 16.9 Å². The van der Waals surface area contributed by atoms with Crippen LogP contribution in [-0.4, -0.2) is 27.1 Å². The van der Waals surface area contributed by atoms with E-state index in [0.29, 0.717) is 29.0 Å². The lowest BCUT2D eigenvalue weighted by Crippen LogP contribution is -2.29. The number of benzene rings is 2. The molecule has 0 atom stereocenters. The van der Waals surface area contributed by atoms with Crippen LogP contribution in [-0.2, 0) is 12.6 Å². The average molecular weight is 454 g/mol. The first-order chi connectivity index (χ1) is 15.8. The van der Waals surface area contributed by atoms with Gasteiger partial charge >= 0.3 is 6.18 Å². The number of para-hydroxylation sites is 1. The van der Waals surface area contributed by atoms with Crippen LogP contribution in [0.4, 0.5) is 18.9 Å². The lowest BCUT2D eigenvalue weighted by molar-refractivity contribution is -0.140. The standard InChI is InChI=1S/C23H17F3N4O3/c1-12-16(21(31)28-15-9-5-8-14-10-11-33-18(14)15)22(32)30-20(27-12)17(13-6-3-2-4-7-13)19(29-30)23(24,25)26/h2-9,27H,10-11H2,1H3,(H,28,31). The summed E-state index contributed by atoms with van der Waals surface area (Å²) >= 11 is 0. The van der Waals surface area contributed by atoms with Crippen molar-refractivity contribution in [2.45, 2.75) is 19.5 Å². The number of hydrogen-bond acceptors (Lipinski definition) is 4. The van der Waals surface area contributed by atoms with Crippen molar-refractivity contribution < 1.29 is 22.7 Å². The highest BCUT2D eigenvalue weighted by atomic mass is 19.4. The molecule has 1 amide bonds. The van der Waals surface area contributed by atoms with Crippen LogP contribution in [0, 0.1) is 6.92 Å². The molecule has 2 aromatic heterocycles. The van der Waals surface area contributed by atoms with Gasteiger partial charge in [-0.05, 0) is 24.1 Å². The van der Waals surface area contributed by atoms with Crippen LogP contribution in [0.15, 0.2) is 53.3 Å². The van der Waals surface area contributed by atoms with E-state index < -0.39 is 23.3 Å². The number of hydrogen-bond donors (Lipinski definition) is 2. The maximum atomic E-state index is 13.8. The Bertz CT molecular complexity index is 1460. The number of fused-ring (bicyclic) bond motifs is 2. The van der Waals surface area contributed by atoms with Gasteiger partial charge < -0.3 is 15.0 Å². The number of aromatic amines is 1.